The van der Waals surface area contributed by atoms with Crippen LogP contribution in [0, 0.1) is 11.8 Å². The maximum Gasteiger partial charge on any atom is 0.231 e. The SMILES string of the molecule is CC(C)C1CCC(C)(OCc2ccc3c(c2)OCO3)CC1. The second-order valence-electron chi connectivity index (χ2n) is 7.01. The van der Waals surface area contributed by atoms with Gasteiger partial charge in [-0.1, -0.05) is 19.9 Å². The van der Waals surface area contributed by atoms with Gasteiger partial charge in [-0.05, 0) is 62.1 Å². The average molecular weight is 290 g/mol. The van der Waals surface area contributed by atoms with Crippen LogP contribution in [0.15, 0.2) is 18.2 Å². The lowest BCUT2D eigenvalue weighted by Crippen LogP contribution is -2.35. The first kappa shape index (κ1) is 14.7. The normalized spacial score (nSPS) is 28.1. The van der Waals surface area contributed by atoms with Crippen molar-refractivity contribution in [2.45, 2.75) is 58.7 Å². The summed E-state index contributed by atoms with van der Waals surface area (Å²) in [6.07, 6.45) is 4.91. The van der Waals surface area contributed by atoms with Crippen molar-refractivity contribution in [3.63, 3.8) is 0 Å². The molecule has 3 rings (SSSR count). The van der Waals surface area contributed by atoms with Crippen molar-refractivity contribution in [1.82, 2.24) is 0 Å². The van der Waals surface area contributed by atoms with E-state index in [9.17, 15) is 0 Å². The summed E-state index contributed by atoms with van der Waals surface area (Å²) in [5, 5.41) is 0. The first-order chi connectivity index (χ1) is 10.1. The largest absolute Gasteiger partial charge is 0.454 e. The first-order valence-corrected chi connectivity index (χ1v) is 8.08. The van der Waals surface area contributed by atoms with E-state index >= 15 is 0 Å². The third-order valence-corrected chi connectivity index (χ3v) is 5.06. The Labute approximate surface area is 127 Å². The minimum atomic E-state index is 0.0295. The van der Waals surface area contributed by atoms with Crippen LogP contribution < -0.4 is 9.47 Å². The Morgan fingerprint density at radius 2 is 1.90 bits per heavy atom. The van der Waals surface area contributed by atoms with Gasteiger partial charge in [0.2, 0.25) is 6.79 Å². The van der Waals surface area contributed by atoms with Crippen molar-refractivity contribution < 1.29 is 14.2 Å². The van der Waals surface area contributed by atoms with Crippen LogP contribution in [0.1, 0.15) is 52.0 Å². The highest BCUT2D eigenvalue weighted by Crippen LogP contribution is 2.39. The fraction of sp³-hybridized carbons (Fsp3) is 0.667. The average Bonchev–Trinajstić information content (AvgIpc) is 2.93. The van der Waals surface area contributed by atoms with E-state index in [0.717, 1.165) is 28.9 Å². The molecule has 1 saturated carbocycles. The van der Waals surface area contributed by atoms with Gasteiger partial charge in [-0.3, -0.25) is 0 Å². The zero-order chi connectivity index (χ0) is 14.9. The lowest BCUT2D eigenvalue weighted by Gasteiger charge is -2.38. The van der Waals surface area contributed by atoms with Crippen LogP contribution in [0.4, 0.5) is 0 Å². The van der Waals surface area contributed by atoms with Crippen molar-refractivity contribution in [3.05, 3.63) is 23.8 Å². The van der Waals surface area contributed by atoms with E-state index in [1.807, 2.05) is 12.1 Å². The summed E-state index contributed by atoms with van der Waals surface area (Å²) < 4.78 is 17.0. The molecular weight excluding hydrogens is 264 g/mol. The van der Waals surface area contributed by atoms with Crippen molar-refractivity contribution >= 4 is 0 Å². The maximum atomic E-state index is 6.25. The van der Waals surface area contributed by atoms with Crippen LogP contribution in [0.2, 0.25) is 0 Å². The van der Waals surface area contributed by atoms with Gasteiger partial charge in [0.25, 0.3) is 0 Å². The van der Waals surface area contributed by atoms with Crippen molar-refractivity contribution in [2.75, 3.05) is 6.79 Å². The highest BCUT2D eigenvalue weighted by atomic mass is 16.7. The molecule has 0 spiro atoms. The van der Waals surface area contributed by atoms with E-state index in [2.05, 4.69) is 26.8 Å². The summed E-state index contributed by atoms with van der Waals surface area (Å²) in [6, 6.07) is 6.07. The molecule has 0 bridgehead atoms. The third kappa shape index (κ3) is 3.34. The van der Waals surface area contributed by atoms with E-state index in [1.165, 1.54) is 25.7 Å². The zero-order valence-corrected chi connectivity index (χ0v) is 13.4. The highest BCUT2D eigenvalue weighted by molar-refractivity contribution is 5.44. The van der Waals surface area contributed by atoms with E-state index < -0.39 is 0 Å². The van der Waals surface area contributed by atoms with Gasteiger partial charge in [-0.2, -0.15) is 0 Å². The molecule has 0 unspecified atom stereocenters. The molecule has 116 valence electrons. The third-order valence-electron chi connectivity index (χ3n) is 5.06. The van der Waals surface area contributed by atoms with Crippen LogP contribution in [0.3, 0.4) is 0 Å². The maximum absolute atomic E-state index is 6.25. The number of fused-ring (bicyclic) bond motifs is 1. The highest BCUT2D eigenvalue weighted by Gasteiger charge is 2.32. The molecule has 3 heteroatoms. The zero-order valence-electron chi connectivity index (χ0n) is 13.4. The molecular formula is C18H26O3. The Morgan fingerprint density at radius 3 is 2.62 bits per heavy atom. The molecule has 0 radical (unpaired) electrons. The van der Waals surface area contributed by atoms with Crippen LogP contribution in [-0.2, 0) is 11.3 Å². The van der Waals surface area contributed by atoms with Gasteiger partial charge in [-0.25, -0.2) is 0 Å². The molecule has 0 N–H and O–H groups in total. The van der Waals surface area contributed by atoms with Gasteiger partial charge < -0.3 is 14.2 Å². The Kier molecular flexibility index (Phi) is 4.12. The first-order valence-electron chi connectivity index (χ1n) is 8.08. The molecule has 1 aliphatic heterocycles. The molecule has 1 heterocycles. The smallest absolute Gasteiger partial charge is 0.231 e. The summed E-state index contributed by atoms with van der Waals surface area (Å²) >= 11 is 0. The number of rotatable bonds is 4. The Balaban J connectivity index is 1.55. The predicted octanol–water partition coefficient (Wildman–Crippen LogP) is 4.54. The fourth-order valence-electron chi connectivity index (χ4n) is 3.35. The molecule has 0 amide bonds. The molecule has 3 nitrogen and oxygen atoms in total. The quantitative estimate of drug-likeness (QED) is 0.815. The Hall–Kier alpha value is -1.22. The van der Waals surface area contributed by atoms with Gasteiger partial charge >= 0.3 is 0 Å². The molecule has 2 aliphatic rings. The standard InChI is InChI=1S/C18H26O3/c1-13(2)15-6-8-18(3,9-7-15)21-11-14-4-5-16-17(10-14)20-12-19-16/h4-5,10,13,15H,6-9,11-12H2,1-3H3. The fourth-order valence-corrected chi connectivity index (χ4v) is 3.35. The number of ether oxygens (including phenoxy) is 3. The van der Waals surface area contributed by atoms with E-state index in [1.54, 1.807) is 0 Å². The summed E-state index contributed by atoms with van der Waals surface area (Å²) in [4.78, 5) is 0. The van der Waals surface area contributed by atoms with Crippen LogP contribution in [0.25, 0.3) is 0 Å². The summed E-state index contributed by atoms with van der Waals surface area (Å²) in [7, 11) is 0. The number of benzene rings is 1. The minimum absolute atomic E-state index is 0.0295. The Bertz CT molecular complexity index is 487. The number of hydrogen-bond donors (Lipinski definition) is 0. The number of hydrogen-bond acceptors (Lipinski definition) is 3. The van der Waals surface area contributed by atoms with Gasteiger partial charge in [0.1, 0.15) is 0 Å². The van der Waals surface area contributed by atoms with Crippen molar-refractivity contribution in [3.8, 4) is 11.5 Å². The summed E-state index contributed by atoms with van der Waals surface area (Å²) in [6.45, 7) is 7.91. The van der Waals surface area contributed by atoms with E-state index in [4.69, 9.17) is 14.2 Å². The summed E-state index contributed by atoms with van der Waals surface area (Å²) in [5.41, 5.74) is 1.19. The second-order valence-corrected chi connectivity index (χ2v) is 7.01. The monoisotopic (exact) mass is 290 g/mol. The molecule has 1 aromatic rings. The van der Waals surface area contributed by atoms with Crippen LogP contribution in [0.5, 0.6) is 11.5 Å². The van der Waals surface area contributed by atoms with Crippen molar-refractivity contribution in [1.29, 1.82) is 0 Å². The van der Waals surface area contributed by atoms with Gasteiger partial charge in [0, 0.05) is 0 Å². The molecule has 1 fully saturated rings. The Morgan fingerprint density at radius 1 is 1.19 bits per heavy atom. The predicted molar refractivity (Wildman–Crippen MR) is 82.6 cm³/mol. The molecule has 21 heavy (non-hydrogen) atoms. The lowest BCUT2D eigenvalue weighted by molar-refractivity contribution is -0.0776. The summed E-state index contributed by atoms with van der Waals surface area (Å²) in [5.74, 6) is 3.34. The van der Waals surface area contributed by atoms with Gasteiger partial charge in [0.05, 0.1) is 12.2 Å². The second kappa shape index (κ2) is 5.88. The van der Waals surface area contributed by atoms with E-state index in [-0.39, 0.29) is 5.60 Å². The minimum Gasteiger partial charge on any atom is -0.454 e. The molecule has 1 aliphatic carbocycles. The lowest BCUT2D eigenvalue weighted by atomic mass is 9.75. The van der Waals surface area contributed by atoms with Gasteiger partial charge in [0.15, 0.2) is 11.5 Å². The van der Waals surface area contributed by atoms with Crippen LogP contribution in [-0.4, -0.2) is 12.4 Å². The topological polar surface area (TPSA) is 27.7 Å². The van der Waals surface area contributed by atoms with Crippen molar-refractivity contribution in [2.24, 2.45) is 11.8 Å². The molecule has 0 saturated heterocycles. The molecule has 0 aromatic heterocycles. The molecule has 0 atom stereocenters. The molecule has 1 aromatic carbocycles. The van der Waals surface area contributed by atoms with Gasteiger partial charge in [-0.15, -0.1) is 0 Å². The van der Waals surface area contributed by atoms with Crippen LogP contribution >= 0.6 is 0 Å². The van der Waals surface area contributed by atoms with E-state index in [0.29, 0.717) is 13.4 Å².